The summed E-state index contributed by atoms with van der Waals surface area (Å²) < 4.78 is 0. The highest BCUT2D eigenvalue weighted by molar-refractivity contribution is 5.99. The molecule has 0 spiro atoms. The maximum absolute atomic E-state index is 13.1. The molecule has 0 atom stereocenters. The van der Waals surface area contributed by atoms with E-state index >= 15 is 0 Å². The summed E-state index contributed by atoms with van der Waals surface area (Å²) in [6, 6.07) is 5.33. The van der Waals surface area contributed by atoms with E-state index in [4.69, 9.17) is 11.5 Å². The normalized spacial score (nSPS) is 17.6. The predicted molar refractivity (Wildman–Crippen MR) is 136 cm³/mol. The lowest BCUT2D eigenvalue weighted by Crippen LogP contribution is -2.48. The lowest BCUT2D eigenvalue weighted by atomic mass is 9.82. The van der Waals surface area contributed by atoms with Crippen LogP contribution in [0.5, 0.6) is 0 Å². The molecular formula is C25H35N7O3. The van der Waals surface area contributed by atoms with Gasteiger partial charge in [0.1, 0.15) is 5.56 Å². The minimum absolute atomic E-state index is 0.0251. The van der Waals surface area contributed by atoms with Crippen molar-refractivity contribution >= 4 is 29.3 Å². The van der Waals surface area contributed by atoms with E-state index in [0.717, 1.165) is 63.6 Å². The second kappa shape index (κ2) is 10.5. The minimum Gasteiger partial charge on any atom is -0.365 e. The third kappa shape index (κ3) is 5.82. The van der Waals surface area contributed by atoms with E-state index in [-0.39, 0.29) is 28.8 Å². The van der Waals surface area contributed by atoms with Crippen LogP contribution in [-0.4, -0.2) is 51.9 Å². The third-order valence-electron chi connectivity index (χ3n) is 7.00. The highest BCUT2D eigenvalue weighted by Crippen LogP contribution is 2.27. The lowest BCUT2D eigenvalue weighted by molar-refractivity contribution is 0.0723. The Morgan fingerprint density at radius 3 is 2.49 bits per heavy atom. The van der Waals surface area contributed by atoms with Crippen molar-refractivity contribution in [2.45, 2.75) is 63.8 Å². The van der Waals surface area contributed by atoms with Gasteiger partial charge in [0.05, 0.1) is 0 Å². The molecule has 1 saturated carbocycles. The van der Waals surface area contributed by atoms with Crippen LogP contribution in [-0.2, 0) is 0 Å². The molecule has 1 saturated heterocycles. The second-order valence-corrected chi connectivity index (χ2v) is 9.79. The fourth-order valence-corrected chi connectivity index (χ4v) is 4.90. The zero-order valence-corrected chi connectivity index (χ0v) is 20.3. The number of H-pyrrole nitrogens is 1. The number of nitrogens with two attached hydrogens (primary N) is 2. The second-order valence-electron chi connectivity index (χ2n) is 9.79. The fourth-order valence-electron chi connectivity index (χ4n) is 4.90. The Bertz CT molecular complexity index is 1150. The van der Waals surface area contributed by atoms with Crippen molar-refractivity contribution in [2.75, 3.05) is 30.3 Å². The maximum atomic E-state index is 13.1. The van der Waals surface area contributed by atoms with Gasteiger partial charge in [0.2, 0.25) is 5.95 Å². The number of hydrogen-bond donors (Lipinski definition) is 5. The van der Waals surface area contributed by atoms with Crippen LogP contribution in [0.2, 0.25) is 0 Å². The van der Waals surface area contributed by atoms with Crippen molar-refractivity contribution < 1.29 is 9.59 Å². The van der Waals surface area contributed by atoms with Crippen LogP contribution < -0.4 is 27.7 Å². The smallest absolute Gasteiger partial charge is 0.267 e. The SMILES string of the molecule is Cc1ccc(Nc2nc(NCC3(N)CCCCC3)[nH]c(=O)c2C(N)=O)cc1C(=O)N1CCCCC1. The highest BCUT2D eigenvalue weighted by Gasteiger charge is 2.28. The molecule has 1 aliphatic carbocycles. The molecule has 2 heterocycles. The van der Waals surface area contributed by atoms with E-state index in [2.05, 4.69) is 20.6 Å². The van der Waals surface area contributed by atoms with Gasteiger partial charge in [0.25, 0.3) is 17.4 Å². The van der Waals surface area contributed by atoms with Crippen molar-refractivity contribution in [3.63, 3.8) is 0 Å². The molecule has 2 aliphatic rings. The summed E-state index contributed by atoms with van der Waals surface area (Å²) in [6.07, 6.45) is 8.24. The van der Waals surface area contributed by atoms with Crippen LogP contribution in [0.4, 0.5) is 17.5 Å². The molecular weight excluding hydrogens is 446 g/mol. The highest BCUT2D eigenvalue weighted by atomic mass is 16.2. The summed E-state index contributed by atoms with van der Waals surface area (Å²) in [7, 11) is 0. The monoisotopic (exact) mass is 481 g/mol. The number of nitrogens with one attached hydrogen (secondary N) is 3. The average Bonchev–Trinajstić information content (AvgIpc) is 2.84. The lowest BCUT2D eigenvalue weighted by Gasteiger charge is -2.33. The molecule has 2 amide bonds. The fraction of sp³-hybridized carbons (Fsp3) is 0.520. The summed E-state index contributed by atoms with van der Waals surface area (Å²) in [5.74, 6) is -0.691. The van der Waals surface area contributed by atoms with Crippen LogP contribution in [0.25, 0.3) is 0 Å². The van der Waals surface area contributed by atoms with Crippen LogP contribution >= 0.6 is 0 Å². The molecule has 0 unspecified atom stereocenters. The number of hydrogen-bond acceptors (Lipinski definition) is 7. The number of primary amides is 1. The Balaban J connectivity index is 1.59. The summed E-state index contributed by atoms with van der Waals surface area (Å²) in [5.41, 5.74) is 12.6. The molecule has 4 rings (SSSR count). The van der Waals surface area contributed by atoms with Crippen LogP contribution in [0.1, 0.15) is 77.6 Å². The number of anilines is 3. The number of carbonyl (C=O) groups excluding carboxylic acids is 2. The van der Waals surface area contributed by atoms with E-state index in [1.807, 2.05) is 17.9 Å². The molecule has 35 heavy (non-hydrogen) atoms. The first-order valence-electron chi connectivity index (χ1n) is 12.4. The predicted octanol–water partition coefficient (Wildman–Crippen LogP) is 2.62. The summed E-state index contributed by atoms with van der Waals surface area (Å²) in [4.78, 5) is 46.7. The molecule has 7 N–H and O–H groups in total. The number of carbonyl (C=O) groups is 2. The molecule has 1 aromatic heterocycles. The van der Waals surface area contributed by atoms with Gasteiger partial charge >= 0.3 is 0 Å². The molecule has 1 aromatic carbocycles. The van der Waals surface area contributed by atoms with E-state index in [1.165, 1.54) is 6.42 Å². The number of amides is 2. The Hall–Kier alpha value is -3.40. The molecule has 0 radical (unpaired) electrons. The molecule has 2 aromatic rings. The Kier molecular flexibility index (Phi) is 7.39. The van der Waals surface area contributed by atoms with Gasteiger partial charge in [-0.2, -0.15) is 4.98 Å². The zero-order chi connectivity index (χ0) is 25.0. The van der Waals surface area contributed by atoms with E-state index in [1.54, 1.807) is 12.1 Å². The molecule has 188 valence electrons. The summed E-state index contributed by atoms with van der Waals surface area (Å²) in [5, 5.41) is 6.16. The zero-order valence-electron chi connectivity index (χ0n) is 20.3. The van der Waals surface area contributed by atoms with E-state index in [9.17, 15) is 14.4 Å². The number of likely N-dealkylation sites (tertiary alicyclic amines) is 1. The topological polar surface area (TPSA) is 159 Å². The van der Waals surface area contributed by atoms with Crippen LogP contribution in [0.15, 0.2) is 23.0 Å². The molecule has 10 nitrogen and oxygen atoms in total. The first-order chi connectivity index (χ1) is 16.8. The van der Waals surface area contributed by atoms with Crippen molar-refractivity contribution in [1.82, 2.24) is 14.9 Å². The number of aromatic nitrogens is 2. The Morgan fingerprint density at radius 2 is 1.80 bits per heavy atom. The quantitative estimate of drug-likeness (QED) is 0.406. The first-order valence-corrected chi connectivity index (χ1v) is 12.4. The van der Waals surface area contributed by atoms with Gasteiger partial charge in [-0.25, -0.2) is 0 Å². The number of piperidine rings is 1. The van der Waals surface area contributed by atoms with Crippen LogP contribution in [0.3, 0.4) is 0 Å². The van der Waals surface area contributed by atoms with Crippen molar-refractivity contribution in [1.29, 1.82) is 0 Å². The number of aromatic amines is 1. The van der Waals surface area contributed by atoms with E-state index < -0.39 is 11.5 Å². The minimum atomic E-state index is -0.896. The number of rotatable bonds is 7. The molecule has 1 aliphatic heterocycles. The number of aryl methyl sites for hydroxylation is 1. The molecule has 10 heteroatoms. The van der Waals surface area contributed by atoms with Crippen LogP contribution in [0, 0.1) is 6.92 Å². The van der Waals surface area contributed by atoms with Gasteiger partial charge in [0.15, 0.2) is 5.82 Å². The average molecular weight is 482 g/mol. The van der Waals surface area contributed by atoms with Gasteiger partial charge in [0, 0.05) is 36.4 Å². The van der Waals surface area contributed by atoms with Gasteiger partial charge in [-0.05, 0) is 56.7 Å². The Labute approximate surface area is 204 Å². The number of nitrogens with zero attached hydrogens (tertiary/aromatic N) is 2. The van der Waals surface area contributed by atoms with Gasteiger partial charge in [-0.15, -0.1) is 0 Å². The standard InChI is InChI=1S/C25H35N7O3/c1-16-8-9-17(14-18(16)23(35)32-12-6-3-7-13-32)29-21-19(20(26)33)22(34)31-24(30-21)28-15-25(27)10-4-2-5-11-25/h8-9,14H,2-7,10-13,15,27H2,1H3,(H2,26,33)(H3,28,29,30,31,34). The molecule has 0 bridgehead atoms. The number of benzene rings is 1. The first kappa shape index (κ1) is 24.7. The van der Waals surface area contributed by atoms with Gasteiger partial charge < -0.3 is 27.0 Å². The van der Waals surface area contributed by atoms with Gasteiger partial charge in [-0.3, -0.25) is 19.4 Å². The van der Waals surface area contributed by atoms with E-state index in [0.29, 0.717) is 17.8 Å². The third-order valence-corrected chi connectivity index (χ3v) is 7.00. The van der Waals surface area contributed by atoms with Crippen molar-refractivity contribution in [3.05, 3.63) is 45.2 Å². The van der Waals surface area contributed by atoms with Crippen molar-refractivity contribution in [3.8, 4) is 0 Å². The molecule has 2 fully saturated rings. The largest absolute Gasteiger partial charge is 0.365 e. The van der Waals surface area contributed by atoms with Crippen molar-refractivity contribution in [2.24, 2.45) is 11.5 Å². The Morgan fingerprint density at radius 1 is 1.11 bits per heavy atom. The summed E-state index contributed by atoms with van der Waals surface area (Å²) in [6.45, 7) is 3.82. The summed E-state index contributed by atoms with van der Waals surface area (Å²) >= 11 is 0. The maximum Gasteiger partial charge on any atom is 0.267 e. The van der Waals surface area contributed by atoms with Gasteiger partial charge in [-0.1, -0.05) is 25.3 Å².